The predicted octanol–water partition coefficient (Wildman–Crippen LogP) is 2.89. The van der Waals surface area contributed by atoms with Crippen molar-refractivity contribution in [3.8, 4) is 17.2 Å². The summed E-state index contributed by atoms with van der Waals surface area (Å²) >= 11 is 0. The van der Waals surface area contributed by atoms with E-state index in [1.54, 1.807) is 21.3 Å². The molecule has 0 radical (unpaired) electrons. The Morgan fingerprint density at radius 3 is 2.41 bits per heavy atom. The number of hydrogen-bond acceptors (Lipinski definition) is 5. The fourth-order valence-corrected chi connectivity index (χ4v) is 3.74. The minimum absolute atomic E-state index is 0.475. The number of nitrogens with zero attached hydrogens (tertiary/aromatic N) is 2. The van der Waals surface area contributed by atoms with Gasteiger partial charge in [-0.15, -0.1) is 0 Å². The van der Waals surface area contributed by atoms with Crippen LogP contribution >= 0.6 is 0 Å². The van der Waals surface area contributed by atoms with Crippen LogP contribution in [0.2, 0.25) is 0 Å². The number of nitrogens with one attached hydrogen (secondary N) is 2. The lowest BCUT2D eigenvalue weighted by Gasteiger charge is -2.35. The van der Waals surface area contributed by atoms with Crippen LogP contribution in [-0.2, 0) is 6.54 Å². The summed E-state index contributed by atoms with van der Waals surface area (Å²) in [5.74, 6) is 3.48. The Hall–Kier alpha value is -2.15. The average molecular weight is 407 g/mol. The number of guanidine groups is 1. The minimum atomic E-state index is 0.475. The van der Waals surface area contributed by atoms with Crippen LogP contribution in [0.3, 0.4) is 0 Å². The molecular weight excluding hydrogens is 368 g/mol. The number of aliphatic imine (C=N–C) groups is 1. The molecule has 1 aliphatic rings. The van der Waals surface area contributed by atoms with Crippen LogP contribution in [-0.4, -0.2) is 64.4 Å². The van der Waals surface area contributed by atoms with Gasteiger partial charge in [0.2, 0.25) is 5.75 Å². The topological polar surface area (TPSA) is 67.4 Å². The van der Waals surface area contributed by atoms with Crippen molar-refractivity contribution in [2.75, 3.05) is 47.5 Å². The van der Waals surface area contributed by atoms with Gasteiger partial charge in [-0.25, -0.2) is 4.99 Å². The maximum atomic E-state index is 5.44. The molecule has 1 aromatic carbocycles. The highest BCUT2D eigenvalue weighted by atomic mass is 16.5. The second kappa shape index (κ2) is 11.8. The van der Waals surface area contributed by atoms with Gasteiger partial charge in [0.05, 0.1) is 27.9 Å². The molecule has 1 aromatic rings. The van der Waals surface area contributed by atoms with E-state index in [-0.39, 0.29) is 0 Å². The lowest BCUT2D eigenvalue weighted by atomic mass is 9.99. The highest BCUT2D eigenvalue weighted by molar-refractivity contribution is 5.79. The third-order valence-corrected chi connectivity index (χ3v) is 5.37. The summed E-state index contributed by atoms with van der Waals surface area (Å²) in [4.78, 5) is 7.32. The Morgan fingerprint density at radius 1 is 1.17 bits per heavy atom. The van der Waals surface area contributed by atoms with Gasteiger partial charge in [-0.2, -0.15) is 0 Å². The molecule has 1 aliphatic heterocycles. The van der Waals surface area contributed by atoms with Crippen molar-refractivity contribution >= 4 is 5.96 Å². The molecule has 0 saturated carbocycles. The molecule has 7 nitrogen and oxygen atoms in total. The van der Waals surface area contributed by atoms with Crippen LogP contribution in [0.5, 0.6) is 17.2 Å². The quantitative estimate of drug-likeness (QED) is 0.486. The van der Waals surface area contributed by atoms with Gasteiger partial charge >= 0.3 is 0 Å². The highest BCUT2D eigenvalue weighted by Crippen LogP contribution is 2.38. The Morgan fingerprint density at radius 2 is 1.86 bits per heavy atom. The summed E-state index contributed by atoms with van der Waals surface area (Å²) in [5.41, 5.74) is 0.995. The maximum Gasteiger partial charge on any atom is 0.203 e. The van der Waals surface area contributed by atoms with E-state index in [1.165, 1.54) is 25.9 Å². The number of likely N-dealkylation sites (tertiary alicyclic amines) is 1. The fraction of sp³-hybridized carbons (Fsp3) is 0.682. The third kappa shape index (κ3) is 6.70. The molecule has 2 rings (SSSR count). The van der Waals surface area contributed by atoms with E-state index in [0.29, 0.717) is 29.8 Å². The first-order valence-corrected chi connectivity index (χ1v) is 10.6. The number of benzene rings is 1. The standard InChI is InChI=1S/C22H38N4O3/c1-7-23-22(24-13-17(3)26-10-8-9-16(2)15-26)25-14-18-11-19(27-4)21(29-6)20(12-18)28-5/h11-12,16-17H,7-10,13-15H2,1-6H3,(H2,23,24,25). The van der Waals surface area contributed by atoms with Crippen molar-refractivity contribution in [2.24, 2.45) is 10.9 Å². The van der Waals surface area contributed by atoms with Crippen LogP contribution < -0.4 is 24.8 Å². The van der Waals surface area contributed by atoms with Crippen molar-refractivity contribution < 1.29 is 14.2 Å². The fourth-order valence-electron chi connectivity index (χ4n) is 3.74. The molecule has 1 saturated heterocycles. The van der Waals surface area contributed by atoms with Gasteiger partial charge in [-0.3, -0.25) is 4.90 Å². The third-order valence-electron chi connectivity index (χ3n) is 5.37. The van der Waals surface area contributed by atoms with E-state index in [4.69, 9.17) is 19.2 Å². The zero-order chi connectivity index (χ0) is 21.2. The van der Waals surface area contributed by atoms with Crippen molar-refractivity contribution in [1.29, 1.82) is 0 Å². The van der Waals surface area contributed by atoms with E-state index in [0.717, 1.165) is 30.5 Å². The maximum absolute atomic E-state index is 5.44. The predicted molar refractivity (Wildman–Crippen MR) is 118 cm³/mol. The minimum Gasteiger partial charge on any atom is -0.493 e. The van der Waals surface area contributed by atoms with E-state index in [9.17, 15) is 0 Å². The largest absolute Gasteiger partial charge is 0.493 e. The Balaban J connectivity index is 2.03. The Labute approximate surface area is 175 Å². The lowest BCUT2D eigenvalue weighted by Crippen LogP contribution is -2.48. The van der Waals surface area contributed by atoms with E-state index >= 15 is 0 Å². The van der Waals surface area contributed by atoms with Gasteiger partial charge in [0.15, 0.2) is 17.5 Å². The molecule has 0 aliphatic carbocycles. The summed E-state index contributed by atoms with van der Waals surface area (Å²) in [6.45, 7) is 11.3. The molecule has 0 amide bonds. The molecule has 164 valence electrons. The van der Waals surface area contributed by atoms with E-state index < -0.39 is 0 Å². The van der Waals surface area contributed by atoms with Crippen molar-refractivity contribution in [3.63, 3.8) is 0 Å². The Bertz CT molecular complexity index is 640. The highest BCUT2D eigenvalue weighted by Gasteiger charge is 2.21. The number of rotatable bonds is 9. The molecule has 0 bridgehead atoms. The monoisotopic (exact) mass is 406 g/mol. The number of piperidine rings is 1. The zero-order valence-electron chi connectivity index (χ0n) is 18.9. The van der Waals surface area contributed by atoms with Gasteiger partial charge in [0.1, 0.15) is 0 Å². The molecule has 0 spiro atoms. The first-order valence-electron chi connectivity index (χ1n) is 10.6. The summed E-state index contributed by atoms with van der Waals surface area (Å²) in [5, 5.41) is 6.83. The van der Waals surface area contributed by atoms with Crippen molar-refractivity contribution in [3.05, 3.63) is 17.7 Å². The molecule has 29 heavy (non-hydrogen) atoms. The number of hydrogen-bond donors (Lipinski definition) is 2. The summed E-state index contributed by atoms with van der Waals surface area (Å²) < 4.78 is 16.3. The molecule has 0 aromatic heterocycles. The normalized spacial score (nSPS) is 18.8. The summed E-state index contributed by atoms with van der Waals surface area (Å²) in [6, 6.07) is 4.35. The Kier molecular flexibility index (Phi) is 9.38. The van der Waals surface area contributed by atoms with Gasteiger partial charge < -0.3 is 24.8 Å². The second-order valence-corrected chi connectivity index (χ2v) is 7.70. The van der Waals surface area contributed by atoms with E-state index in [2.05, 4.69) is 36.3 Å². The molecule has 1 fully saturated rings. The molecule has 2 N–H and O–H groups in total. The molecule has 7 heteroatoms. The van der Waals surface area contributed by atoms with Gasteiger partial charge in [-0.05, 0) is 56.8 Å². The number of ether oxygens (including phenoxy) is 3. The van der Waals surface area contributed by atoms with Crippen molar-refractivity contribution in [2.45, 2.75) is 46.2 Å². The molecule has 2 atom stereocenters. The van der Waals surface area contributed by atoms with E-state index in [1.807, 2.05) is 12.1 Å². The van der Waals surface area contributed by atoms with Gasteiger partial charge in [0, 0.05) is 25.7 Å². The summed E-state index contributed by atoms with van der Waals surface area (Å²) in [7, 11) is 4.85. The smallest absolute Gasteiger partial charge is 0.203 e. The van der Waals surface area contributed by atoms with Crippen molar-refractivity contribution in [1.82, 2.24) is 15.5 Å². The average Bonchev–Trinajstić information content (AvgIpc) is 2.74. The zero-order valence-corrected chi connectivity index (χ0v) is 18.9. The van der Waals surface area contributed by atoms with Gasteiger partial charge in [-0.1, -0.05) is 6.92 Å². The van der Waals surface area contributed by atoms with Gasteiger partial charge in [0.25, 0.3) is 0 Å². The van der Waals surface area contributed by atoms with Crippen LogP contribution in [0.15, 0.2) is 17.1 Å². The number of methoxy groups -OCH3 is 3. The SMILES string of the molecule is CCNC(=NCc1cc(OC)c(OC)c(OC)c1)NCC(C)N1CCCC(C)C1. The lowest BCUT2D eigenvalue weighted by molar-refractivity contribution is 0.139. The van der Waals surface area contributed by atoms with Crippen LogP contribution in [0, 0.1) is 5.92 Å². The summed E-state index contributed by atoms with van der Waals surface area (Å²) in [6.07, 6.45) is 2.64. The molecule has 2 unspecified atom stereocenters. The van der Waals surface area contributed by atoms with Crippen LogP contribution in [0.4, 0.5) is 0 Å². The first-order chi connectivity index (χ1) is 14.0. The van der Waals surface area contributed by atoms with Crippen LogP contribution in [0.25, 0.3) is 0 Å². The first kappa shape index (κ1) is 23.1. The molecule has 1 heterocycles. The molecular formula is C22H38N4O3. The van der Waals surface area contributed by atoms with Crippen LogP contribution in [0.1, 0.15) is 39.2 Å². The second-order valence-electron chi connectivity index (χ2n) is 7.70.